The molecule has 24 heavy (non-hydrogen) atoms. The van der Waals surface area contributed by atoms with Gasteiger partial charge in [0.1, 0.15) is 5.82 Å². The minimum Gasteiger partial charge on any atom is -0.466 e. The van der Waals surface area contributed by atoms with Crippen molar-refractivity contribution in [2.24, 2.45) is 5.92 Å². The molecule has 0 bridgehead atoms. The predicted octanol–water partition coefficient (Wildman–Crippen LogP) is 1.92. The fourth-order valence-electron chi connectivity index (χ4n) is 2.76. The van der Waals surface area contributed by atoms with E-state index in [4.69, 9.17) is 4.74 Å². The van der Waals surface area contributed by atoms with Gasteiger partial charge in [-0.25, -0.2) is 0 Å². The van der Waals surface area contributed by atoms with Gasteiger partial charge in [-0.1, -0.05) is 0 Å². The molecule has 10 heteroatoms. The second-order valence-electron chi connectivity index (χ2n) is 5.52. The van der Waals surface area contributed by atoms with Crippen LogP contribution in [0.2, 0.25) is 0 Å². The number of rotatable bonds is 3. The maximum atomic E-state index is 12.9. The first-order valence-corrected chi connectivity index (χ1v) is 7.61. The lowest BCUT2D eigenvalue weighted by atomic mass is 9.98. The lowest BCUT2D eigenvalue weighted by Gasteiger charge is -2.32. The summed E-state index contributed by atoms with van der Waals surface area (Å²) in [6.45, 7) is 3.01. The second kappa shape index (κ2) is 6.25. The van der Waals surface area contributed by atoms with Crippen molar-refractivity contribution in [2.45, 2.75) is 25.9 Å². The van der Waals surface area contributed by atoms with E-state index in [0.29, 0.717) is 36.5 Å². The monoisotopic (exact) mass is 343 g/mol. The van der Waals surface area contributed by atoms with Gasteiger partial charge in [0.15, 0.2) is 5.65 Å². The van der Waals surface area contributed by atoms with Crippen molar-refractivity contribution in [3.05, 3.63) is 18.0 Å². The number of carbonyl (C=O) groups excluding carboxylic acids is 1. The summed E-state index contributed by atoms with van der Waals surface area (Å²) in [5, 5.41) is 10.6. The fourth-order valence-corrected chi connectivity index (χ4v) is 2.76. The number of aromatic nitrogens is 4. The van der Waals surface area contributed by atoms with Crippen LogP contribution >= 0.6 is 0 Å². The molecule has 0 amide bonds. The Hall–Kier alpha value is -2.39. The number of nitrogens with zero attached hydrogens (tertiary/aromatic N) is 5. The quantitative estimate of drug-likeness (QED) is 0.793. The molecule has 0 N–H and O–H groups in total. The minimum atomic E-state index is -4.64. The van der Waals surface area contributed by atoms with Gasteiger partial charge in [-0.3, -0.25) is 4.79 Å². The highest BCUT2D eigenvalue weighted by Crippen LogP contribution is 2.28. The molecule has 1 aliphatic heterocycles. The zero-order valence-electron chi connectivity index (χ0n) is 13.0. The normalized spacial score (nSPS) is 18.8. The summed E-state index contributed by atoms with van der Waals surface area (Å²) < 4.78 is 44.5. The Morgan fingerprint density at radius 1 is 1.38 bits per heavy atom. The van der Waals surface area contributed by atoms with Crippen molar-refractivity contribution in [1.82, 2.24) is 19.8 Å². The van der Waals surface area contributed by atoms with Crippen LogP contribution in [-0.4, -0.2) is 45.5 Å². The van der Waals surface area contributed by atoms with Crippen LogP contribution in [0.4, 0.5) is 19.0 Å². The highest BCUT2D eigenvalue weighted by Gasteiger charge is 2.38. The Labute approximate surface area is 135 Å². The molecule has 0 unspecified atom stereocenters. The van der Waals surface area contributed by atoms with E-state index >= 15 is 0 Å². The molecule has 2 aromatic rings. The molecule has 0 radical (unpaired) electrons. The first-order chi connectivity index (χ1) is 11.4. The topological polar surface area (TPSA) is 72.6 Å². The first-order valence-electron chi connectivity index (χ1n) is 7.61. The van der Waals surface area contributed by atoms with Gasteiger partial charge in [0, 0.05) is 13.1 Å². The van der Waals surface area contributed by atoms with Crippen molar-refractivity contribution in [2.75, 3.05) is 24.6 Å². The molecule has 3 rings (SSSR count). The van der Waals surface area contributed by atoms with Crippen molar-refractivity contribution >= 4 is 17.4 Å². The third-order valence-corrected chi connectivity index (χ3v) is 3.87. The Morgan fingerprint density at radius 2 is 2.17 bits per heavy atom. The zero-order chi connectivity index (χ0) is 17.3. The molecule has 0 aromatic carbocycles. The molecule has 3 heterocycles. The lowest BCUT2D eigenvalue weighted by Crippen LogP contribution is -2.40. The van der Waals surface area contributed by atoms with Gasteiger partial charge in [0.05, 0.1) is 12.5 Å². The molecule has 1 atom stereocenters. The van der Waals surface area contributed by atoms with E-state index in [1.807, 2.05) is 0 Å². The number of fused-ring (bicyclic) bond motifs is 1. The van der Waals surface area contributed by atoms with Gasteiger partial charge in [0.25, 0.3) is 5.82 Å². The maximum absolute atomic E-state index is 12.9. The van der Waals surface area contributed by atoms with Crippen molar-refractivity contribution < 1.29 is 22.7 Å². The van der Waals surface area contributed by atoms with Crippen LogP contribution in [0.15, 0.2) is 12.1 Å². The molecule has 1 aliphatic rings. The number of anilines is 1. The largest absolute Gasteiger partial charge is 0.466 e. The van der Waals surface area contributed by atoms with Crippen LogP contribution in [0.3, 0.4) is 0 Å². The van der Waals surface area contributed by atoms with Gasteiger partial charge < -0.3 is 9.64 Å². The molecular weight excluding hydrogens is 327 g/mol. The third kappa shape index (κ3) is 3.13. The molecule has 130 valence electrons. The van der Waals surface area contributed by atoms with Crippen LogP contribution in [0.25, 0.3) is 5.65 Å². The van der Waals surface area contributed by atoms with Gasteiger partial charge in [-0.2, -0.15) is 17.7 Å². The standard InChI is InChI=1S/C14H16F3N5O2/c1-2-24-12(23)9-4-3-7-21(8-9)11-6-5-10-18-19-13(14(15,16)17)22(10)20-11/h5-6,9H,2-4,7-8H2,1H3/t9-/m1/s1. The van der Waals surface area contributed by atoms with E-state index in [2.05, 4.69) is 15.3 Å². The number of alkyl halides is 3. The Balaban J connectivity index is 1.87. The molecule has 1 fully saturated rings. The van der Waals surface area contributed by atoms with Gasteiger partial charge in [-0.15, -0.1) is 15.3 Å². The van der Waals surface area contributed by atoms with Crippen molar-refractivity contribution in [3.63, 3.8) is 0 Å². The van der Waals surface area contributed by atoms with Crippen LogP contribution in [0.5, 0.6) is 0 Å². The second-order valence-corrected chi connectivity index (χ2v) is 5.52. The Kier molecular flexibility index (Phi) is 4.29. The summed E-state index contributed by atoms with van der Waals surface area (Å²) in [4.78, 5) is 13.7. The van der Waals surface area contributed by atoms with Crippen LogP contribution in [0, 0.1) is 5.92 Å². The summed E-state index contributed by atoms with van der Waals surface area (Å²) in [6, 6.07) is 3.01. The molecule has 2 aromatic heterocycles. The smallest absolute Gasteiger partial charge is 0.453 e. The predicted molar refractivity (Wildman–Crippen MR) is 77.4 cm³/mol. The number of hydrogen-bond donors (Lipinski definition) is 0. The number of halogens is 3. The van der Waals surface area contributed by atoms with Gasteiger partial charge in [0.2, 0.25) is 0 Å². The average molecular weight is 343 g/mol. The fraction of sp³-hybridized carbons (Fsp3) is 0.571. The number of piperidine rings is 1. The highest BCUT2D eigenvalue weighted by atomic mass is 19.4. The number of esters is 1. The zero-order valence-corrected chi connectivity index (χ0v) is 13.0. The number of ether oxygens (including phenoxy) is 1. The summed E-state index contributed by atoms with van der Waals surface area (Å²) in [5.74, 6) is -1.41. The third-order valence-electron chi connectivity index (χ3n) is 3.87. The molecule has 0 saturated carbocycles. The summed E-state index contributed by atoms with van der Waals surface area (Å²) in [7, 11) is 0. The molecular formula is C14H16F3N5O2. The van der Waals surface area contributed by atoms with Crippen LogP contribution in [0.1, 0.15) is 25.6 Å². The van der Waals surface area contributed by atoms with E-state index in [9.17, 15) is 18.0 Å². The first kappa shape index (κ1) is 16.5. The van der Waals surface area contributed by atoms with Gasteiger partial charge >= 0.3 is 12.1 Å². The Bertz CT molecular complexity index is 746. The average Bonchev–Trinajstić information content (AvgIpc) is 2.98. The van der Waals surface area contributed by atoms with E-state index < -0.39 is 12.0 Å². The van der Waals surface area contributed by atoms with Crippen LogP contribution in [-0.2, 0) is 15.7 Å². The van der Waals surface area contributed by atoms with Gasteiger partial charge in [-0.05, 0) is 31.9 Å². The molecule has 0 aliphatic carbocycles. The number of carbonyl (C=O) groups is 1. The number of hydrogen-bond acceptors (Lipinski definition) is 6. The summed E-state index contributed by atoms with van der Waals surface area (Å²) >= 11 is 0. The molecule has 7 nitrogen and oxygen atoms in total. The maximum Gasteiger partial charge on any atom is 0.453 e. The SMILES string of the molecule is CCOC(=O)[C@@H]1CCCN(c2ccc3nnc(C(F)(F)F)n3n2)C1. The Morgan fingerprint density at radius 3 is 2.88 bits per heavy atom. The van der Waals surface area contributed by atoms with E-state index in [0.717, 1.165) is 6.42 Å². The van der Waals surface area contributed by atoms with E-state index in [-0.39, 0.29) is 17.5 Å². The van der Waals surface area contributed by atoms with Crippen LogP contribution < -0.4 is 4.90 Å². The summed E-state index contributed by atoms with van der Waals surface area (Å²) in [6.07, 6.45) is -3.21. The lowest BCUT2D eigenvalue weighted by molar-refractivity contribution is -0.148. The minimum absolute atomic E-state index is 0.0185. The van der Waals surface area contributed by atoms with E-state index in [1.54, 1.807) is 17.9 Å². The van der Waals surface area contributed by atoms with Crippen molar-refractivity contribution in [3.8, 4) is 0 Å². The summed E-state index contributed by atoms with van der Waals surface area (Å²) in [5.41, 5.74) is 0.0185. The van der Waals surface area contributed by atoms with Crippen molar-refractivity contribution in [1.29, 1.82) is 0 Å². The van der Waals surface area contributed by atoms with E-state index in [1.165, 1.54) is 6.07 Å². The molecule has 1 saturated heterocycles. The highest BCUT2D eigenvalue weighted by molar-refractivity contribution is 5.73. The molecule has 0 spiro atoms.